The average Bonchev–Trinajstić information content (AvgIpc) is 2.80. The molecule has 18 heavy (non-hydrogen) atoms. The van der Waals surface area contributed by atoms with Crippen LogP contribution in [0, 0.1) is 5.92 Å². The minimum absolute atomic E-state index is 0.124. The second-order valence-corrected chi connectivity index (χ2v) is 5.89. The fraction of sp³-hybridized carbons (Fsp3) is 0.500. The number of nitrogens with one attached hydrogen (secondary N) is 1. The summed E-state index contributed by atoms with van der Waals surface area (Å²) in [5, 5.41) is 6.18. The lowest BCUT2D eigenvalue weighted by Gasteiger charge is -2.08. The first kappa shape index (κ1) is 13.3. The van der Waals surface area contributed by atoms with Crippen molar-refractivity contribution in [3.05, 3.63) is 34.1 Å². The van der Waals surface area contributed by atoms with E-state index in [1.54, 1.807) is 15.9 Å². The Labute approximate surface area is 111 Å². The fourth-order valence-corrected chi connectivity index (χ4v) is 2.67. The van der Waals surface area contributed by atoms with Gasteiger partial charge in [0.15, 0.2) is 0 Å². The summed E-state index contributed by atoms with van der Waals surface area (Å²) in [5.74, 6) is 0.724. The molecular weight excluding hydrogens is 244 g/mol. The molecule has 0 spiro atoms. The van der Waals surface area contributed by atoms with Gasteiger partial charge >= 0.3 is 0 Å². The van der Waals surface area contributed by atoms with Gasteiger partial charge in [-0.1, -0.05) is 13.8 Å². The van der Waals surface area contributed by atoms with Crippen molar-refractivity contribution in [3.8, 4) is 0 Å². The van der Waals surface area contributed by atoms with E-state index in [0.29, 0.717) is 0 Å². The van der Waals surface area contributed by atoms with E-state index >= 15 is 0 Å². The molecule has 2 heterocycles. The summed E-state index contributed by atoms with van der Waals surface area (Å²) in [7, 11) is 0. The molecule has 0 saturated carbocycles. The number of nitrogens with zero attached hydrogens (tertiary/aromatic N) is 1. The highest BCUT2D eigenvalue weighted by atomic mass is 32.1. The molecule has 1 N–H and O–H groups in total. The molecule has 0 atom stereocenters. The van der Waals surface area contributed by atoms with Gasteiger partial charge in [0.05, 0.1) is 5.39 Å². The lowest BCUT2D eigenvalue weighted by molar-refractivity contribution is 0.517. The van der Waals surface area contributed by atoms with Crippen LogP contribution in [-0.4, -0.2) is 17.7 Å². The molecule has 0 unspecified atom stereocenters. The van der Waals surface area contributed by atoms with Crippen molar-refractivity contribution in [1.82, 2.24) is 9.88 Å². The smallest absolute Gasteiger partial charge is 0.259 e. The molecule has 0 aliphatic rings. The summed E-state index contributed by atoms with van der Waals surface area (Å²) in [4.78, 5) is 12.1. The first-order chi connectivity index (χ1) is 8.68. The van der Waals surface area contributed by atoms with Crippen LogP contribution in [0.1, 0.15) is 20.3 Å². The Morgan fingerprint density at radius 1 is 1.33 bits per heavy atom. The summed E-state index contributed by atoms with van der Waals surface area (Å²) in [6, 6.07) is 3.93. The lowest BCUT2D eigenvalue weighted by Crippen LogP contribution is -2.27. The molecule has 0 saturated heterocycles. The average molecular weight is 264 g/mol. The highest BCUT2D eigenvalue weighted by molar-refractivity contribution is 7.17. The number of thiophene rings is 1. The minimum atomic E-state index is 0.124. The molecule has 0 aromatic carbocycles. The summed E-state index contributed by atoms with van der Waals surface area (Å²) in [6.45, 7) is 7.05. The highest BCUT2D eigenvalue weighted by Crippen LogP contribution is 2.15. The maximum atomic E-state index is 12.1. The van der Waals surface area contributed by atoms with Gasteiger partial charge in [-0.3, -0.25) is 4.79 Å². The van der Waals surface area contributed by atoms with Crippen molar-refractivity contribution in [2.45, 2.75) is 26.8 Å². The van der Waals surface area contributed by atoms with Crippen LogP contribution in [0.3, 0.4) is 0 Å². The van der Waals surface area contributed by atoms with Gasteiger partial charge in [0.2, 0.25) is 0 Å². The summed E-state index contributed by atoms with van der Waals surface area (Å²) in [6.07, 6.45) is 3.07. The van der Waals surface area contributed by atoms with Gasteiger partial charge in [-0.15, -0.1) is 11.3 Å². The highest BCUT2D eigenvalue weighted by Gasteiger charge is 2.03. The molecule has 0 radical (unpaired) electrons. The molecule has 0 bridgehead atoms. The second-order valence-electron chi connectivity index (χ2n) is 4.95. The van der Waals surface area contributed by atoms with Crippen molar-refractivity contribution in [2.75, 3.05) is 13.1 Å². The third kappa shape index (κ3) is 3.21. The van der Waals surface area contributed by atoms with Crippen molar-refractivity contribution < 1.29 is 0 Å². The topological polar surface area (TPSA) is 34.0 Å². The summed E-state index contributed by atoms with van der Waals surface area (Å²) >= 11 is 1.62. The molecule has 0 fully saturated rings. The zero-order valence-corrected chi connectivity index (χ0v) is 11.8. The zero-order chi connectivity index (χ0) is 13.0. The van der Waals surface area contributed by atoms with Gasteiger partial charge < -0.3 is 9.88 Å². The quantitative estimate of drug-likeness (QED) is 0.814. The molecule has 0 aliphatic carbocycles. The van der Waals surface area contributed by atoms with E-state index in [9.17, 15) is 4.79 Å². The summed E-state index contributed by atoms with van der Waals surface area (Å²) in [5.41, 5.74) is 0.124. The van der Waals surface area contributed by atoms with Gasteiger partial charge in [0.25, 0.3) is 5.56 Å². The van der Waals surface area contributed by atoms with Gasteiger partial charge in [-0.2, -0.15) is 0 Å². The Kier molecular flexibility index (Phi) is 4.55. The Balaban J connectivity index is 1.91. The van der Waals surface area contributed by atoms with Gasteiger partial charge in [0, 0.05) is 24.0 Å². The monoisotopic (exact) mass is 264 g/mol. The fourth-order valence-electron chi connectivity index (χ4n) is 1.90. The Morgan fingerprint density at radius 2 is 2.17 bits per heavy atom. The number of hydrogen-bond acceptors (Lipinski definition) is 3. The van der Waals surface area contributed by atoms with Crippen LogP contribution >= 0.6 is 11.3 Å². The first-order valence-corrected chi connectivity index (χ1v) is 7.34. The predicted molar refractivity (Wildman–Crippen MR) is 78.4 cm³/mol. The maximum absolute atomic E-state index is 12.1. The Hall–Kier alpha value is -1.13. The van der Waals surface area contributed by atoms with Crippen LogP contribution in [0.2, 0.25) is 0 Å². The SMILES string of the molecule is CC(C)CCNCCn1ccc2sccc2c1=O. The Bertz CT molecular complexity index is 556. The standard InChI is InChI=1S/C14H20N2OS/c1-11(2)3-6-15-7-9-16-8-4-13-12(14(16)17)5-10-18-13/h4-5,8,10-11,15H,3,6-7,9H2,1-2H3. The van der Waals surface area contributed by atoms with Gasteiger partial charge in [0.1, 0.15) is 0 Å². The normalized spacial score (nSPS) is 11.5. The van der Waals surface area contributed by atoms with E-state index < -0.39 is 0 Å². The van der Waals surface area contributed by atoms with Gasteiger partial charge in [-0.05, 0) is 36.4 Å². The molecule has 4 heteroatoms. The van der Waals surface area contributed by atoms with Crippen molar-refractivity contribution in [3.63, 3.8) is 0 Å². The lowest BCUT2D eigenvalue weighted by atomic mass is 10.1. The van der Waals surface area contributed by atoms with Crippen LogP contribution in [0.25, 0.3) is 10.1 Å². The number of pyridine rings is 1. The third-order valence-corrected chi connectivity index (χ3v) is 3.90. The predicted octanol–water partition coefficient (Wildman–Crippen LogP) is 2.70. The molecule has 0 amide bonds. The second kappa shape index (κ2) is 6.16. The van der Waals surface area contributed by atoms with E-state index in [2.05, 4.69) is 19.2 Å². The van der Waals surface area contributed by atoms with Crippen molar-refractivity contribution in [2.24, 2.45) is 5.92 Å². The van der Waals surface area contributed by atoms with E-state index in [4.69, 9.17) is 0 Å². The van der Waals surface area contributed by atoms with Crippen molar-refractivity contribution >= 4 is 21.4 Å². The molecule has 3 nitrogen and oxygen atoms in total. The van der Waals surface area contributed by atoms with Crippen molar-refractivity contribution in [1.29, 1.82) is 0 Å². The number of rotatable bonds is 6. The molecule has 2 aromatic heterocycles. The van der Waals surface area contributed by atoms with Crippen LogP contribution in [0.4, 0.5) is 0 Å². The number of aromatic nitrogens is 1. The zero-order valence-electron chi connectivity index (χ0n) is 11.0. The van der Waals surface area contributed by atoms with Crippen LogP contribution in [0.5, 0.6) is 0 Å². The van der Waals surface area contributed by atoms with Crippen LogP contribution in [-0.2, 0) is 6.54 Å². The molecule has 2 aromatic rings. The van der Waals surface area contributed by atoms with E-state index in [1.807, 2.05) is 23.7 Å². The third-order valence-electron chi connectivity index (χ3n) is 3.02. The summed E-state index contributed by atoms with van der Waals surface area (Å²) < 4.78 is 2.86. The first-order valence-electron chi connectivity index (χ1n) is 6.46. The van der Waals surface area contributed by atoms with E-state index in [0.717, 1.165) is 35.6 Å². The van der Waals surface area contributed by atoms with E-state index in [-0.39, 0.29) is 5.56 Å². The van der Waals surface area contributed by atoms with Gasteiger partial charge in [-0.25, -0.2) is 0 Å². The maximum Gasteiger partial charge on any atom is 0.259 e. The number of fused-ring (bicyclic) bond motifs is 1. The van der Waals surface area contributed by atoms with E-state index in [1.165, 1.54) is 6.42 Å². The largest absolute Gasteiger partial charge is 0.315 e. The molecular formula is C14H20N2OS. The molecule has 2 rings (SSSR count). The molecule has 98 valence electrons. The Morgan fingerprint density at radius 3 is 2.94 bits per heavy atom. The minimum Gasteiger partial charge on any atom is -0.315 e. The number of hydrogen-bond donors (Lipinski definition) is 1. The molecule has 0 aliphatic heterocycles. The van der Waals surface area contributed by atoms with Crippen LogP contribution < -0.4 is 10.9 Å². The van der Waals surface area contributed by atoms with Crippen LogP contribution in [0.15, 0.2) is 28.5 Å².